The summed E-state index contributed by atoms with van der Waals surface area (Å²) in [5.74, 6) is 0. The Labute approximate surface area is 108 Å². The third kappa shape index (κ3) is 3.38. The zero-order valence-corrected chi connectivity index (χ0v) is 10.7. The first-order valence-electron chi connectivity index (χ1n) is 5.18. The van der Waals surface area contributed by atoms with E-state index in [1.165, 1.54) is 0 Å². The van der Waals surface area contributed by atoms with Gasteiger partial charge < -0.3 is 10.4 Å². The smallest absolute Gasteiger partial charge is 0.100 e. The molecule has 2 rings (SSSR count). The second-order valence-electron chi connectivity index (χ2n) is 3.62. The van der Waals surface area contributed by atoms with Gasteiger partial charge in [0.2, 0.25) is 0 Å². The first kappa shape index (κ1) is 12.3. The van der Waals surface area contributed by atoms with Crippen LogP contribution in [0.2, 0.25) is 0 Å². The summed E-state index contributed by atoms with van der Waals surface area (Å²) in [7, 11) is 0. The summed E-state index contributed by atoms with van der Waals surface area (Å²) in [5, 5.41) is 27.4. The van der Waals surface area contributed by atoms with Crippen molar-refractivity contribution >= 4 is 22.7 Å². The van der Waals surface area contributed by atoms with E-state index >= 15 is 0 Å². The van der Waals surface area contributed by atoms with Crippen molar-refractivity contribution in [3.63, 3.8) is 0 Å². The van der Waals surface area contributed by atoms with E-state index in [0.29, 0.717) is 18.7 Å². The molecule has 2 N–H and O–H groups in total. The Morgan fingerprint density at radius 3 is 3.00 bits per heavy atom. The zero-order chi connectivity index (χ0) is 12.1. The largest absolute Gasteiger partial charge is 0.387 e. The van der Waals surface area contributed by atoms with Gasteiger partial charge >= 0.3 is 0 Å². The molecule has 17 heavy (non-hydrogen) atoms. The predicted octanol–water partition coefficient (Wildman–Crippen LogP) is 2.50. The molecule has 0 aromatic carbocycles. The van der Waals surface area contributed by atoms with Crippen LogP contribution in [0.5, 0.6) is 0 Å². The number of hydrogen-bond acceptors (Lipinski definition) is 5. The lowest BCUT2D eigenvalue weighted by Crippen LogP contribution is -2.20. The van der Waals surface area contributed by atoms with Gasteiger partial charge in [-0.1, -0.05) is 0 Å². The maximum absolute atomic E-state index is 9.83. The molecule has 2 aromatic rings. The van der Waals surface area contributed by atoms with Crippen LogP contribution in [-0.2, 0) is 6.54 Å². The van der Waals surface area contributed by atoms with Crippen LogP contribution in [0.25, 0.3) is 0 Å². The van der Waals surface area contributed by atoms with Crippen LogP contribution >= 0.6 is 22.7 Å². The number of nitrogens with zero attached hydrogens (tertiary/aromatic N) is 1. The number of aliphatic hydroxyl groups is 1. The second-order valence-corrected chi connectivity index (χ2v) is 5.39. The standard InChI is InChI=1S/C12H12N2OS2/c13-4-9-3-11(17-7-9)5-14-6-12(15)10-1-2-16-8-10/h1-3,7-8,12,14-15H,5-6H2. The Morgan fingerprint density at radius 1 is 1.47 bits per heavy atom. The number of hydrogen-bond donors (Lipinski definition) is 2. The van der Waals surface area contributed by atoms with Crippen LogP contribution in [0.1, 0.15) is 22.1 Å². The lowest BCUT2D eigenvalue weighted by atomic mass is 10.2. The molecule has 88 valence electrons. The van der Waals surface area contributed by atoms with Gasteiger partial charge in [-0.05, 0) is 28.5 Å². The summed E-state index contributed by atoms with van der Waals surface area (Å²) in [6, 6.07) is 5.90. The first-order chi connectivity index (χ1) is 8.29. The van der Waals surface area contributed by atoms with Crippen LogP contribution in [0, 0.1) is 11.3 Å². The molecule has 0 saturated heterocycles. The number of nitrogens with one attached hydrogen (secondary N) is 1. The average Bonchev–Trinajstić information content (AvgIpc) is 3.00. The minimum absolute atomic E-state index is 0.461. The number of aliphatic hydroxyl groups excluding tert-OH is 1. The number of thiophene rings is 2. The average molecular weight is 264 g/mol. The summed E-state index contributed by atoms with van der Waals surface area (Å²) in [6.07, 6.45) is -0.461. The molecule has 1 unspecified atom stereocenters. The Morgan fingerprint density at radius 2 is 2.35 bits per heavy atom. The van der Waals surface area contributed by atoms with E-state index in [0.717, 1.165) is 10.4 Å². The molecular formula is C12H12N2OS2. The van der Waals surface area contributed by atoms with Crippen molar-refractivity contribution < 1.29 is 5.11 Å². The van der Waals surface area contributed by atoms with Gasteiger partial charge in [-0.2, -0.15) is 16.6 Å². The summed E-state index contributed by atoms with van der Waals surface area (Å²) in [4.78, 5) is 1.11. The fraction of sp³-hybridized carbons (Fsp3) is 0.250. The van der Waals surface area contributed by atoms with Crippen molar-refractivity contribution in [1.82, 2.24) is 5.32 Å². The van der Waals surface area contributed by atoms with Gasteiger partial charge in [-0.25, -0.2) is 0 Å². The molecule has 0 fully saturated rings. The third-order valence-corrected chi connectivity index (χ3v) is 3.99. The zero-order valence-electron chi connectivity index (χ0n) is 9.09. The Hall–Kier alpha value is -1.19. The van der Waals surface area contributed by atoms with Crippen LogP contribution in [0.3, 0.4) is 0 Å². The van der Waals surface area contributed by atoms with Gasteiger partial charge in [-0.15, -0.1) is 11.3 Å². The van der Waals surface area contributed by atoms with Crippen LogP contribution in [0.15, 0.2) is 28.3 Å². The fourth-order valence-electron chi connectivity index (χ4n) is 1.45. The molecule has 0 aliphatic heterocycles. The molecule has 5 heteroatoms. The summed E-state index contributed by atoms with van der Waals surface area (Å²) >= 11 is 3.14. The van der Waals surface area contributed by atoms with E-state index in [9.17, 15) is 5.11 Å². The van der Waals surface area contributed by atoms with Gasteiger partial charge in [0, 0.05) is 23.3 Å². The number of nitriles is 1. The molecule has 3 nitrogen and oxygen atoms in total. The summed E-state index contributed by atoms with van der Waals surface area (Å²) in [6.45, 7) is 1.21. The molecular weight excluding hydrogens is 252 g/mol. The summed E-state index contributed by atoms with van der Waals surface area (Å²) < 4.78 is 0. The lowest BCUT2D eigenvalue weighted by Gasteiger charge is -2.09. The van der Waals surface area contributed by atoms with Gasteiger partial charge in [-0.3, -0.25) is 0 Å². The van der Waals surface area contributed by atoms with E-state index in [1.54, 1.807) is 22.7 Å². The molecule has 0 spiro atoms. The second kappa shape index (κ2) is 5.94. The lowest BCUT2D eigenvalue weighted by molar-refractivity contribution is 0.175. The normalized spacial score (nSPS) is 12.2. The van der Waals surface area contributed by atoms with E-state index in [4.69, 9.17) is 5.26 Å². The van der Waals surface area contributed by atoms with Crippen molar-refractivity contribution in [3.8, 4) is 6.07 Å². The molecule has 1 atom stereocenters. The van der Waals surface area contributed by atoms with Gasteiger partial charge in [0.25, 0.3) is 0 Å². The fourth-order valence-corrected chi connectivity index (χ4v) is 2.93. The highest BCUT2D eigenvalue weighted by atomic mass is 32.1. The van der Waals surface area contributed by atoms with Crippen molar-refractivity contribution in [2.45, 2.75) is 12.6 Å². The first-order valence-corrected chi connectivity index (χ1v) is 7.00. The SMILES string of the molecule is N#Cc1csc(CNCC(O)c2ccsc2)c1. The molecule has 0 aliphatic carbocycles. The molecule has 0 aliphatic rings. The van der Waals surface area contributed by atoms with Crippen molar-refractivity contribution in [3.05, 3.63) is 44.3 Å². The molecule has 0 radical (unpaired) electrons. The van der Waals surface area contributed by atoms with E-state index in [1.807, 2.05) is 28.3 Å². The van der Waals surface area contributed by atoms with Crippen LogP contribution < -0.4 is 5.32 Å². The quantitative estimate of drug-likeness (QED) is 0.872. The van der Waals surface area contributed by atoms with Gasteiger partial charge in [0.15, 0.2) is 0 Å². The Kier molecular flexibility index (Phi) is 4.29. The Bertz CT molecular complexity index is 499. The van der Waals surface area contributed by atoms with E-state index in [-0.39, 0.29) is 0 Å². The highest BCUT2D eigenvalue weighted by Crippen LogP contribution is 2.16. The highest BCUT2D eigenvalue weighted by molar-refractivity contribution is 7.10. The Balaban J connectivity index is 1.78. The van der Waals surface area contributed by atoms with Gasteiger partial charge in [0.1, 0.15) is 6.07 Å². The minimum Gasteiger partial charge on any atom is -0.387 e. The van der Waals surface area contributed by atoms with Crippen molar-refractivity contribution in [2.24, 2.45) is 0 Å². The van der Waals surface area contributed by atoms with E-state index in [2.05, 4.69) is 11.4 Å². The maximum Gasteiger partial charge on any atom is 0.100 e. The predicted molar refractivity (Wildman–Crippen MR) is 70.0 cm³/mol. The molecule has 0 amide bonds. The molecule has 2 aromatic heterocycles. The topological polar surface area (TPSA) is 56.0 Å². The van der Waals surface area contributed by atoms with Crippen molar-refractivity contribution in [1.29, 1.82) is 5.26 Å². The van der Waals surface area contributed by atoms with Crippen molar-refractivity contribution in [2.75, 3.05) is 6.54 Å². The monoisotopic (exact) mass is 264 g/mol. The molecule has 0 saturated carbocycles. The maximum atomic E-state index is 9.83. The number of rotatable bonds is 5. The summed E-state index contributed by atoms with van der Waals surface area (Å²) in [5.41, 5.74) is 1.65. The molecule has 2 heterocycles. The van der Waals surface area contributed by atoms with Crippen LogP contribution in [0.4, 0.5) is 0 Å². The molecule has 0 bridgehead atoms. The van der Waals surface area contributed by atoms with E-state index < -0.39 is 6.10 Å². The van der Waals surface area contributed by atoms with Crippen LogP contribution in [-0.4, -0.2) is 11.7 Å². The minimum atomic E-state index is -0.461. The van der Waals surface area contributed by atoms with Gasteiger partial charge in [0.05, 0.1) is 11.7 Å². The highest BCUT2D eigenvalue weighted by Gasteiger charge is 2.07. The third-order valence-electron chi connectivity index (χ3n) is 2.35.